The Morgan fingerprint density at radius 1 is 1.52 bits per heavy atom. The Labute approximate surface area is 124 Å². The Morgan fingerprint density at radius 3 is 3.10 bits per heavy atom. The van der Waals surface area contributed by atoms with Crippen LogP contribution in [0.2, 0.25) is 0 Å². The first-order valence-electron chi connectivity index (χ1n) is 7.08. The molecule has 2 heterocycles. The molecule has 1 aromatic heterocycles. The number of aryl methyl sites for hydroxylation is 1. The third kappa shape index (κ3) is 2.44. The Balaban J connectivity index is 2.03. The van der Waals surface area contributed by atoms with Gasteiger partial charge in [0.2, 0.25) is 0 Å². The van der Waals surface area contributed by atoms with Gasteiger partial charge < -0.3 is 15.0 Å². The fraction of sp³-hybridized carbons (Fsp3) is 0.375. The van der Waals surface area contributed by atoms with E-state index < -0.39 is 0 Å². The second kappa shape index (κ2) is 5.68. The lowest BCUT2D eigenvalue weighted by atomic mass is 9.97. The first-order valence-corrected chi connectivity index (χ1v) is 7.08. The quantitative estimate of drug-likeness (QED) is 0.935. The number of rotatable bonds is 3. The van der Waals surface area contributed by atoms with Crippen LogP contribution in [0.4, 0.5) is 0 Å². The van der Waals surface area contributed by atoms with Crippen molar-refractivity contribution < 1.29 is 4.74 Å². The minimum atomic E-state index is -0.137. The van der Waals surface area contributed by atoms with Crippen molar-refractivity contribution in [2.75, 3.05) is 13.2 Å². The summed E-state index contributed by atoms with van der Waals surface area (Å²) >= 11 is 0. The maximum Gasteiger partial charge on any atom is 0.102 e. The largest absolute Gasteiger partial charge is 0.381 e. The number of imidazole rings is 1. The van der Waals surface area contributed by atoms with Crippen LogP contribution in [0.15, 0.2) is 30.7 Å². The highest BCUT2D eigenvalue weighted by molar-refractivity contribution is 5.53. The molecule has 2 atom stereocenters. The van der Waals surface area contributed by atoms with Gasteiger partial charge in [-0.05, 0) is 25.0 Å². The fourth-order valence-electron chi connectivity index (χ4n) is 2.83. The van der Waals surface area contributed by atoms with Crippen molar-refractivity contribution in [1.82, 2.24) is 9.55 Å². The second-order valence-corrected chi connectivity index (χ2v) is 5.42. The third-order valence-electron chi connectivity index (χ3n) is 4.10. The molecule has 1 aliphatic rings. The Bertz CT molecular complexity index is 680. The molecule has 1 aliphatic heterocycles. The molecule has 0 spiro atoms. The van der Waals surface area contributed by atoms with E-state index in [9.17, 15) is 5.26 Å². The van der Waals surface area contributed by atoms with Gasteiger partial charge in [0.25, 0.3) is 0 Å². The van der Waals surface area contributed by atoms with Crippen LogP contribution >= 0.6 is 0 Å². The predicted octanol–water partition coefficient (Wildman–Crippen LogP) is 2.09. The highest BCUT2D eigenvalue weighted by atomic mass is 16.5. The monoisotopic (exact) mass is 282 g/mol. The van der Waals surface area contributed by atoms with Crippen molar-refractivity contribution in [3.63, 3.8) is 0 Å². The summed E-state index contributed by atoms with van der Waals surface area (Å²) in [7, 11) is 0. The van der Waals surface area contributed by atoms with Crippen LogP contribution in [0.1, 0.15) is 29.3 Å². The van der Waals surface area contributed by atoms with Gasteiger partial charge in [0, 0.05) is 12.5 Å². The molecule has 2 aromatic rings. The van der Waals surface area contributed by atoms with Gasteiger partial charge in [-0.25, -0.2) is 4.98 Å². The standard InChI is InChI=1S/C16H18N4O/c1-11-3-2-4-14(13(11)7-17)20-10-19-8-15(20)16(18)12-5-6-21-9-12/h2-4,8,10,12,16H,5-6,9,18H2,1H3. The molecule has 0 bridgehead atoms. The van der Waals surface area contributed by atoms with Crippen molar-refractivity contribution in [2.24, 2.45) is 11.7 Å². The van der Waals surface area contributed by atoms with Crippen molar-refractivity contribution in [1.29, 1.82) is 5.26 Å². The van der Waals surface area contributed by atoms with Crippen molar-refractivity contribution in [3.8, 4) is 11.8 Å². The van der Waals surface area contributed by atoms with Crippen molar-refractivity contribution >= 4 is 0 Å². The molecule has 1 saturated heterocycles. The molecule has 2 unspecified atom stereocenters. The molecule has 1 aromatic carbocycles. The Kier molecular flexibility index (Phi) is 3.74. The molecule has 0 radical (unpaired) electrons. The van der Waals surface area contributed by atoms with Gasteiger partial charge in [-0.2, -0.15) is 5.26 Å². The number of aromatic nitrogens is 2. The Hall–Kier alpha value is -2.16. The normalized spacial score (nSPS) is 19.4. The molecule has 108 valence electrons. The summed E-state index contributed by atoms with van der Waals surface area (Å²) in [6.07, 6.45) is 4.47. The molecule has 2 N–H and O–H groups in total. The summed E-state index contributed by atoms with van der Waals surface area (Å²) in [5.41, 5.74) is 9.76. The number of benzene rings is 1. The Morgan fingerprint density at radius 2 is 2.38 bits per heavy atom. The van der Waals surface area contributed by atoms with E-state index in [-0.39, 0.29) is 6.04 Å². The number of hydrogen-bond acceptors (Lipinski definition) is 4. The maximum atomic E-state index is 9.40. The summed E-state index contributed by atoms with van der Waals surface area (Å²) in [6, 6.07) is 7.94. The van der Waals surface area contributed by atoms with Gasteiger partial charge in [-0.15, -0.1) is 0 Å². The van der Waals surface area contributed by atoms with Gasteiger partial charge in [0.15, 0.2) is 0 Å². The summed E-state index contributed by atoms with van der Waals surface area (Å²) in [4.78, 5) is 4.23. The first-order chi connectivity index (χ1) is 10.2. The van der Waals surface area contributed by atoms with E-state index in [1.54, 1.807) is 12.5 Å². The van der Waals surface area contributed by atoms with Crippen LogP contribution in [0.3, 0.4) is 0 Å². The van der Waals surface area contributed by atoms with Gasteiger partial charge in [-0.3, -0.25) is 0 Å². The van der Waals surface area contributed by atoms with E-state index in [4.69, 9.17) is 10.5 Å². The van der Waals surface area contributed by atoms with E-state index in [0.717, 1.165) is 30.0 Å². The summed E-state index contributed by atoms with van der Waals surface area (Å²) in [5, 5.41) is 9.40. The topological polar surface area (TPSA) is 76.9 Å². The van der Waals surface area contributed by atoms with E-state index in [0.29, 0.717) is 18.1 Å². The van der Waals surface area contributed by atoms with E-state index in [1.807, 2.05) is 29.7 Å². The average Bonchev–Trinajstić information content (AvgIpc) is 3.17. The van der Waals surface area contributed by atoms with Crippen molar-refractivity contribution in [2.45, 2.75) is 19.4 Å². The van der Waals surface area contributed by atoms with Crippen LogP contribution in [0.5, 0.6) is 0 Å². The SMILES string of the molecule is Cc1cccc(-n2cncc2C(N)C2CCOC2)c1C#N. The second-order valence-electron chi connectivity index (χ2n) is 5.42. The molecule has 0 saturated carbocycles. The fourth-order valence-corrected chi connectivity index (χ4v) is 2.83. The maximum absolute atomic E-state index is 9.40. The molecule has 0 amide bonds. The summed E-state index contributed by atoms with van der Waals surface area (Å²) in [5.74, 6) is 0.302. The molecule has 1 fully saturated rings. The molecule has 3 rings (SSSR count). The number of nitrogens with two attached hydrogens (primary N) is 1. The summed E-state index contributed by atoms with van der Waals surface area (Å²) in [6.45, 7) is 3.38. The van der Waals surface area contributed by atoms with Gasteiger partial charge in [0.05, 0.1) is 42.1 Å². The van der Waals surface area contributed by atoms with Crippen LogP contribution in [-0.4, -0.2) is 22.8 Å². The molecular weight excluding hydrogens is 264 g/mol. The van der Waals surface area contributed by atoms with Gasteiger partial charge in [-0.1, -0.05) is 12.1 Å². The predicted molar refractivity (Wildman–Crippen MR) is 78.9 cm³/mol. The number of nitriles is 1. The minimum Gasteiger partial charge on any atom is -0.381 e. The zero-order valence-corrected chi connectivity index (χ0v) is 12.0. The summed E-state index contributed by atoms with van der Waals surface area (Å²) < 4.78 is 7.35. The van der Waals surface area contributed by atoms with E-state index in [2.05, 4.69) is 11.1 Å². The average molecular weight is 282 g/mol. The number of hydrogen-bond donors (Lipinski definition) is 1. The zero-order chi connectivity index (χ0) is 14.8. The minimum absolute atomic E-state index is 0.137. The van der Waals surface area contributed by atoms with E-state index in [1.165, 1.54) is 0 Å². The molecule has 21 heavy (non-hydrogen) atoms. The lowest BCUT2D eigenvalue weighted by Crippen LogP contribution is -2.24. The van der Waals surface area contributed by atoms with E-state index >= 15 is 0 Å². The lowest BCUT2D eigenvalue weighted by Gasteiger charge is -2.20. The van der Waals surface area contributed by atoms with Crippen molar-refractivity contribution in [3.05, 3.63) is 47.5 Å². The van der Waals surface area contributed by atoms with Gasteiger partial charge >= 0.3 is 0 Å². The number of nitrogens with zero attached hydrogens (tertiary/aromatic N) is 3. The first kappa shape index (κ1) is 13.8. The molecule has 0 aliphatic carbocycles. The highest BCUT2D eigenvalue weighted by Gasteiger charge is 2.27. The highest BCUT2D eigenvalue weighted by Crippen LogP contribution is 2.29. The van der Waals surface area contributed by atoms with Crippen LogP contribution in [-0.2, 0) is 4.74 Å². The van der Waals surface area contributed by atoms with Crippen LogP contribution < -0.4 is 5.73 Å². The van der Waals surface area contributed by atoms with Crippen LogP contribution in [0.25, 0.3) is 5.69 Å². The zero-order valence-electron chi connectivity index (χ0n) is 12.0. The lowest BCUT2D eigenvalue weighted by molar-refractivity contribution is 0.180. The molecule has 5 nitrogen and oxygen atoms in total. The van der Waals surface area contributed by atoms with Gasteiger partial charge in [0.1, 0.15) is 6.07 Å². The molecule has 5 heteroatoms. The molecular formula is C16H18N4O. The smallest absolute Gasteiger partial charge is 0.102 e. The van der Waals surface area contributed by atoms with Crippen LogP contribution in [0, 0.1) is 24.2 Å². The third-order valence-corrected chi connectivity index (χ3v) is 4.10. The number of ether oxygens (including phenoxy) is 1.